The fourth-order valence-electron chi connectivity index (χ4n) is 3.97. The van der Waals surface area contributed by atoms with E-state index in [-0.39, 0.29) is 17.7 Å². The number of benzene rings is 1. The molecule has 0 atom stereocenters. The Morgan fingerprint density at radius 3 is 2.64 bits per heavy atom. The summed E-state index contributed by atoms with van der Waals surface area (Å²) in [5, 5.41) is 8.91. The molecule has 33 heavy (non-hydrogen) atoms. The lowest BCUT2D eigenvalue weighted by atomic mass is 9.96. The van der Waals surface area contributed by atoms with Crippen molar-refractivity contribution in [3.8, 4) is 10.7 Å². The SMILES string of the molecule is NC(=O)C1CCN(CCc2ccc(NC(=O)CCCc3nc(-c4cccs4)no3)cc2)CC1. The number of thiophene rings is 1. The second kappa shape index (κ2) is 11.2. The van der Waals surface area contributed by atoms with Gasteiger partial charge < -0.3 is 20.5 Å². The Bertz CT molecular complexity index is 1040. The van der Waals surface area contributed by atoms with E-state index in [1.807, 2.05) is 29.6 Å². The molecule has 174 valence electrons. The molecule has 3 aromatic rings. The van der Waals surface area contributed by atoms with E-state index in [0.717, 1.165) is 49.5 Å². The lowest BCUT2D eigenvalue weighted by Gasteiger charge is -2.30. The molecule has 3 N–H and O–H groups in total. The summed E-state index contributed by atoms with van der Waals surface area (Å²) in [4.78, 5) is 31.3. The van der Waals surface area contributed by atoms with E-state index in [1.165, 1.54) is 5.56 Å². The van der Waals surface area contributed by atoms with E-state index >= 15 is 0 Å². The zero-order valence-electron chi connectivity index (χ0n) is 18.5. The van der Waals surface area contributed by atoms with Gasteiger partial charge in [0.2, 0.25) is 23.5 Å². The minimum Gasteiger partial charge on any atom is -0.369 e. The zero-order valence-corrected chi connectivity index (χ0v) is 19.4. The number of aromatic nitrogens is 2. The van der Waals surface area contributed by atoms with Crippen LogP contribution in [0.3, 0.4) is 0 Å². The van der Waals surface area contributed by atoms with Crippen LogP contribution in [0.5, 0.6) is 0 Å². The summed E-state index contributed by atoms with van der Waals surface area (Å²) in [6.45, 7) is 2.79. The van der Waals surface area contributed by atoms with E-state index in [0.29, 0.717) is 31.0 Å². The van der Waals surface area contributed by atoms with Crippen LogP contribution in [0, 0.1) is 5.92 Å². The number of amides is 2. The molecule has 3 heterocycles. The third-order valence-electron chi connectivity index (χ3n) is 5.95. The number of likely N-dealkylation sites (tertiary alicyclic amines) is 1. The van der Waals surface area contributed by atoms with E-state index < -0.39 is 0 Å². The molecule has 1 aliphatic heterocycles. The largest absolute Gasteiger partial charge is 0.369 e. The van der Waals surface area contributed by atoms with Gasteiger partial charge in [-0.2, -0.15) is 4.98 Å². The van der Waals surface area contributed by atoms with Crippen LogP contribution in [0.25, 0.3) is 10.7 Å². The Morgan fingerprint density at radius 2 is 1.94 bits per heavy atom. The second-order valence-corrected chi connectivity index (χ2v) is 9.30. The number of anilines is 1. The van der Waals surface area contributed by atoms with Crippen molar-refractivity contribution in [1.82, 2.24) is 15.0 Å². The maximum absolute atomic E-state index is 12.3. The van der Waals surface area contributed by atoms with Gasteiger partial charge in [0.25, 0.3) is 0 Å². The van der Waals surface area contributed by atoms with E-state index in [1.54, 1.807) is 11.3 Å². The highest BCUT2D eigenvalue weighted by Gasteiger charge is 2.22. The van der Waals surface area contributed by atoms with Crippen LogP contribution in [0.4, 0.5) is 5.69 Å². The van der Waals surface area contributed by atoms with Crippen molar-refractivity contribution in [2.75, 3.05) is 25.0 Å². The second-order valence-electron chi connectivity index (χ2n) is 8.36. The standard InChI is InChI=1S/C24H29N5O3S/c25-23(31)18-11-14-29(15-12-18)13-10-17-6-8-19(9-7-17)26-21(30)4-1-5-22-27-24(28-32-22)20-3-2-16-33-20/h2-3,6-9,16,18H,1,4-5,10-15H2,(H2,25,31)(H,26,30). The van der Waals surface area contributed by atoms with Crippen molar-refractivity contribution in [2.24, 2.45) is 11.7 Å². The molecule has 1 saturated heterocycles. The molecule has 1 fully saturated rings. The highest BCUT2D eigenvalue weighted by Crippen LogP contribution is 2.22. The number of carbonyl (C=O) groups is 2. The lowest BCUT2D eigenvalue weighted by molar-refractivity contribution is -0.123. The van der Waals surface area contributed by atoms with Crippen molar-refractivity contribution < 1.29 is 14.1 Å². The van der Waals surface area contributed by atoms with Gasteiger partial charge in [-0.3, -0.25) is 9.59 Å². The molecule has 1 aromatic carbocycles. The molecule has 2 amide bonds. The molecule has 0 unspecified atom stereocenters. The number of aryl methyl sites for hydroxylation is 1. The smallest absolute Gasteiger partial charge is 0.226 e. The average molecular weight is 468 g/mol. The summed E-state index contributed by atoms with van der Waals surface area (Å²) in [6.07, 6.45) is 4.24. The van der Waals surface area contributed by atoms with Gasteiger partial charge >= 0.3 is 0 Å². The van der Waals surface area contributed by atoms with Gasteiger partial charge in [-0.25, -0.2) is 0 Å². The van der Waals surface area contributed by atoms with Gasteiger partial charge in [0.05, 0.1) is 4.88 Å². The van der Waals surface area contributed by atoms with Gasteiger partial charge in [-0.1, -0.05) is 23.4 Å². The number of nitrogens with zero attached hydrogens (tertiary/aromatic N) is 3. The van der Waals surface area contributed by atoms with Crippen molar-refractivity contribution in [2.45, 2.75) is 38.5 Å². The van der Waals surface area contributed by atoms with Crippen LogP contribution in [0.15, 0.2) is 46.3 Å². The van der Waals surface area contributed by atoms with E-state index in [9.17, 15) is 9.59 Å². The molecule has 0 spiro atoms. The molecule has 9 heteroatoms. The summed E-state index contributed by atoms with van der Waals surface area (Å²) >= 11 is 1.56. The van der Waals surface area contributed by atoms with Gasteiger partial charge in [0, 0.05) is 31.0 Å². The molecular formula is C24H29N5O3S. The van der Waals surface area contributed by atoms with Gasteiger partial charge in [0.1, 0.15) is 0 Å². The number of nitrogens with two attached hydrogens (primary N) is 1. The Morgan fingerprint density at radius 1 is 1.15 bits per heavy atom. The first-order valence-corrected chi connectivity index (χ1v) is 12.2. The van der Waals surface area contributed by atoms with Crippen molar-refractivity contribution in [3.63, 3.8) is 0 Å². The van der Waals surface area contributed by atoms with Crippen molar-refractivity contribution in [1.29, 1.82) is 0 Å². The number of primary amides is 1. The summed E-state index contributed by atoms with van der Waals surface area (Å²) in [5.41, 5.74) is 7.42. The molecule has 2 aromatic heterocycles. The number of nitrogens with one attached hydrogen (secondary N) is 1. The van der Waals surface area contributed by atoms with Crippen LogP contribution < -0.4 is 11.1 Å². The zero-order chi connectivity index (χ0) is 23.0. The molecule has 8 nitrogen and oxygen atoms in total. The van der Waals surface area contributed by atoms with Crippen LogP contribution in [-0.4, -0.2) is 46.5 Å². The number of piperidine rings is 1. The van der Waals surface area contributed by atoms with Gasteiger partial charge in [-0.15, -0.1) is 11.3 Å². The number of hydrogen-bond donors (Lipinski definition) is 2. The third kappa shape index (κ3) is 6.72. The molecule has 0 aliphatic carbocycles. The molecular weight excluding hydrogens is 438 g/mol. The summed E-state index contributed by atoms with van der Waals surface area (Å²) in [6, 6.07) is 11.9. The van der Waals surface area contributed by atoms with E-state index in [2.05, 4.69) is 32.5 Å². The first kappa shape index (κ1) is 23.1. The topological polar surface area (TPSA) is 114 Å². The fraction of sp³-hybridized carbons (Fsp3) is 0.417. The molecule has 1 aliphatic rings. The summed E-state index contributed by atoms with van der Waals surface area (Å²) < 4.78 is 5.27. The highest BCUT2D eigenvalue weighted by atomic mass is 32.1. The normalized spacial score (nSPS) is 14.9. The predicted molar refractivity (Wildman–Crippen MR) is 128 cm³/mol. The third-order valence-corrected chi connectivity index (χ3v) is 6.81. The number of hydrogen-bond acceptors (Lipinski definition) is 7. The first-order chi connectivity index (χ1) is 16.1. The molecule has 0 radical (unpaired) electrons. The molecule has 4 rings (SSSR count). The van der Waals surface area contributed by atoms with Crippen LogP contribution in [0.2, 0.25) is 0 Å². The van der Waals surface area contributed by atoms with Crippen LogP contribution >= 0.6 is 11.3 Å². The fourth-order valence-corrected chi connectivity index (χ4v) is 4.62. The Labute approximate surface area is 197 Å². The van der Waals surface area contributed by atoms with Crippen LogP contribution in [-0.2, 0) is 22.4 Å². The van der Waals surface area contributed by atoms with Gasteiger partial charge in [-0.05, 0) is 67.9 Å². The summed E-state index contributed by atoms with van der Waals surface area (Å²) in [7, 11) is 0. The van der Waals surface area contributed by atoms with Gasteiger partial charge in [0.15, 0.2) is 0 Å². The maximum atomic E-state index is 12.3. The molecule has 0 saturated carbocycles. The highest BCUT2D eigenvalue weighted by molar-refractivity contribution is 7.13. The van der Waals surface area contributed by atoms with Crippen molar-refractivity contribution >= 4 is 28.8 Å². The lowest BCUT2D eigenvalue weighted by Crippen LogP contribution is -2.39. The van der Waals surface area contributed by atoms with Crippen LogP contribution in [0.1, 0.15) is 37.1 Å². The monoisotopic (exact) mass is 467 g/mol. The first-order valence-electron chi connectivity index (χ1n) is 11.3. The quantitative estimate of drug-likeness (QED) is 0.472. The number of carbonyl (C=O) groups excluding carboxylic acids is 2. The summed E-state index contributed by atoms with van der Waals surface area (Å²) in [5.74, 6) is 0.970. The number of rotatable bonds is 10. The van der Waals surface area contributed by atoms with E-state index in [4.69, 9.17) is 10.3 Å². The minimum atomic E-state index is -0.176. The predicted octanol–water partition coefficient (Wildman–Crippen LogP) is 3.50. The minimum absolute atomic E-state index is 0.0276. The average Bonchev–Trinajstić information content (AvgIpc) is 3.51. The molecule has 0 bridgehead atoms. The maximum Gasteiger partial charge on any atom is 0.226 e. The Kier molecular flexibility index (Phi) is 7.85. The Hall–Kier alpha value is -3.04. The Balaban J connectivity index is 1.15. The van der Waals surface area contributed by atoms with Crippen molar-refractivity contribution in [3.05, 3.63) is 53.2 Å².